The Hall–Kier alpha value is -3.86. The summed E-state index contributed by atoms with van der Waals surface area (Å²) in [6.45, 7) is 13.3. The first-order chi connectivity index (χ1) is 30.2. The minimum absolute atomic E-state index is 0.0657. The second-order valence-corrected chi connectivity index (χ2v) is 23.1. The van der Waals surface area contributed by atoms with Gasteiger partial charge in [-0.05, 0) is 132 Å². The number of aryl methyl sites for hydroxylation is 1. The quantitative estimate of drug-likeness (QED) is 0.0688. The molecule has 2 aliphatic rings. The molecule has 16 nitrogen and oxygen atoms in total. The number of ether oxygens (including phenoxy) is 2. The average Bonchev–Trinajstić information content (AvgIpc) is 3.89. The molecule has 0 aliphatic heterocycles. The number of carbonyl (C=O) groups is 2. The number of nitrogen functional groups attached to an aromatic ring is 2. The smallest absolute Gasteiger partial charge is 0.407 e. The molecule has 0 bridgehead atoms. The molecule has 21 heteroatoms. The molecule has 6 rings (SSSR count). The number of nitrogens with one attached hydrogen (secondary N) is 4. The second kappa shape index (κ2) is 24.6. The fourth-order valence-electron chi connectivity index (χ4n) is 7.26. The Kier molecular flexibility index (Phi) is 20.3. The number of carbonyl (C=O) groups excluding carboxylic acids is 2. The summed E-state index contributed by atoms with van der Waals surface area (Å²) in [6, 6.07) is 10.1. The van der Waals surface area contributed by atoms with Crippen molar-refractivity contribution in [2.45, 2.75) is 146 Å². The van der Waals surface area contributed by atoms with Crippen LogP contribution in [0.25, 0.3) is 10.4 Å². The number of aromatic nitrogens is 2. The van der Waals surface area contributed by atoms with Crippen molar-refractivity contribution < 1.29 is 35.9 Å². The first-order valence-corrected chi connectivity index (χ1v) is 26.9. The molecule has 0 saturated heterocycles. The largest absolute Gasteiger partial charge is 0.447 e. The highest BCUT2D eigenvalue weighted by Crippen LogP contribution is 2.40. The SMILES string of the molecule is CC(C)OC(=O)NC1CCC(c2ncc(Br)s2)CC1.CCNS(=O)(=O)c1cc(N)ccc1-c1cnc(C2CCC(NC(=O)OC(C)C)CC2)s1.CCNS(=O)(=O)c1cc(N)ccc1C. The molecule has 0 unspecified atom stereocenters. The number of hydrogen-bond acceptors (Lipinski definition) is 14. The van der Waals surface area contributed by atoms with E-state index in [1.165, 1.54) is 28.5 Å². The maximum atomic E-state index is 12.7. The van der Waals surface area contributed by atoms with Crippen molar-refractivity contribution >= 4 is 82.2 Å². The van der Waals surface area contributed by atoms with Crippen LogP contribution in [-0.2, 0) is 29.5 Å². The van der Waals surface area contributed by atoms with E-state index in [9.17, 15) is 26.4 Å². The van der Waals surface area contributed by atoms with Crippen molar-refractivity contribution in [3.63, 3.8) is 0 Å². The van der Waals surface area contributed by atoms with E-state index in [1.807, 2.05) is 33.9 Å². The molecule has 2 aromatic heterocycles. The van der Waals surface area contributed by atoms with Crippen LogP contribution in [0.2, 0.25) is 0 Å². The van der Waals surface area contributed by atoms with Crippen molar-refractivity contribution in [2.75, 3.05) is 24.6 Å². The van der Waals surface area contributed by atoms with E-state index in [1.54, 1.807) is 62.6 Å². The summed E-state index contributed by atoms with van der Waals surface area (Å²) in [6.07, 6.45) is 10.4. The fraction of sp³-hybridized carbons (Fsp3) is 0.535. The zero-order chi connectivity index (χ0) is 47.2. The maximum Gasteiger partial charge on any atom is 0.407 e. The molecule has 0 radical (unpaired) electrons. The van der Waals surface area contributed by atoms with Gasteiger partial charge in [0.15, 0.2) is 0 Å². The molecule has 2 amide bonds. The third kappa shape index (κ3) is 16.2. The van der Waals surface area contributed by atoms with Gasteiger partial charge in [0.1, 0.15) is 0 Å². The lowest BCUT2D eigenvalue weighted by atomic mass is 9.86. The molecule has 0 spiro atoms. The average molecular weight is 1030 g/mol. The Morgan fingerprint density at radius 2 is 1.14 bits per heavy atom. The van der Waals surface area contributed by atoms with Crippen LogP contribution >= 0.6 is 38.6 Å². The highest BCUT2D eigenvalue weighted by Gasteiger charge is 2.28. The van der Waals surface area contributed by atoms with Crippen LogP contribution in [0.5, 0.6) is 0 Å². The molecule has 2 saturated carbocycles. The number of halogens is 1. The van der Waals surface area contributed by atoms with Gasteiger partial charge in [0, 0.05) is 60.1 Å². The summed E-state index contributed by atoms with van der Waals surface area (Å²) in [5, 5.41) is 8.06. The molecule has 4 aromatic rings. The van der Waals surface area contributed by atoms with Gasteiger partial charge in [-0.2, -0.15) is 0 Å². The van der Waals surface area contributed by atoms with Gasteiger partial charge in [-0.3, -0.25) is 0 Å². The summed E-state index contributed by atoms with van der Waals surface area (Å²) in [4.78, 5) is 33.6. The third-order valence-corrected chi connectivity index (χ3v) is 16.3. The van der Waals surface area contributed by atoms with Crippen LogP contribution < -0.4 is 31.5 Å². The molecule has 2 aliphatic carbocycles. The summed E-state index contributed by atoms with van der Waals surface area (Å²) >= 11 is 6.67. The number of benzene rings is 2. The van der Waals surface area contributed by atoms with Gasteiger partial charge in [0.2, 0.25) is 20.0 Å². The Bertz CT molecular complexity index is 2360. The van der Waals surface area contributed by atoms with Gasteiger partial charge in [0.25, 0.3) is 0 Å². The van der Waals surface area contributed by atoms with Gasteiger partial charge in [0.05, 0.1) is 46.9 Å². The first kappa shape index (κ1) is 52.8. The molecule has 2 heterocycles. The topological polar surface area (TPSA) is 247 Å². The zero-order valence-corrected chi connectivity index (χ0v) is 42.3. The van der Waals surface area contributed by atoms with Crippen molar-refractivity contribution in [1.82, 2.24) is 30.0 Å². The van der Waals surface area contributed by atoms with Crippen LogP contribution in [0.3, 0.4) is 0 Å². The number of alkyl carbamates (subject to hydrolysis) is 2. The van der Waals surface area contributed by atoms with Crippen molar-refractivity contribution in [2.24, 2.45) is 0 Å². The van der Waals surface area contributed by atoms with Gasteiger partial charge < -0.3 is 31.6 Å². The monoisotopic (exact) mass is 1030 g/mol. The maximum absolute atomic E-state index is 12.7. The zero-order valence-electron chi connectivity index (χ0n) is 37.5. The van der Waals surface area contributed by atoms with Crippen LogP contribution in [0.15, 0.2) is 62.4 Å². The molecule has 8 N–H and O–H groups in total. The Labute approximate surface area is 394 Å². The van der Waals surface area contributed by atoms with E-state index in [2.05, 4.69) is 46.0 Å². The van der Waals surface area contributed by atoms with Gasteiger partial charge in [-0.1, -0.05) is 26.0 Å². The summed E-state index contributed by atoms with van der Waals surface area (Å²) < 4.78 is 64.9. The lowest BCUT2D eigenvalue weighted by Gasteiger charge is -2.28. The fourth-order valence-corrected chi connectivity index (χ4v) is 12.5. The first-order valence-electron chi connectivity index (χ1n) is 21.5. The van der Waals surface area contributed by atoms with E-state index >= 15 is 0 Å². The summed E-state index contributed by atoms with van der Waals surface area (Å²) in [5.41, 5.74) is 13.5. The van der Waals surface area contributed by atoms with Gasteiger partial charge in [-0.15, -0.1) is 22.7 Å². The molecule has 2 aromatic carbocycles. The lowest BCUT2D eigenvalue weighted by molar-refractivity contribution is 0.108. The third-order valence-electron chi connectivity index (χ3n) is 10.2. The number of amides is 2. The highest BCUT2D eigenvalue weighted by molar-refractivity contribution is 9.11. The number of nitrogens with two attached hydrogens (primary N) is 2. The molecule has 0 atom stereocenters. The number of hydrogen-bond donors (Lipinski definition) is 6. The highest BCUT2D eigenvalue weighted by atomic mass is 79.9. The van der Waals surface area contributed by atoms with Gasteiger partial charge in [-0.25, -0.2) is 45.8 Å². The van der Waals surface area contributed by atoms with Crippen LogP contribution in [0.4, 0.5) is 21.0 Å². The van der Waals surface area contributed by atoms with E-state index in [-0.39, 0.29) is 46.3 Å². The molecule has 64 heavy (non-hydrogen) atoms. The number of thiazole rings is 2. The Morgan fingerprint density at radius 1 is 0.703 bits per heavy atom. The number of nitrogens with zero attached hydrogens (tertiary/aromatic N) is 2. The van der Waals surface area contributed by atoms with Gasteiger partial charge >= 0.3 is 12.2 Å². The molecule has 2 fully saturated rings. The Balaban J connectivity index is 0.000000231. The number of rotatable bonds is 13. The standard InChI is InChI=1S/C21H30N4O4S2.C13H19BrN2O2S.C9H14N2O2S/c1-4-24-31(27,28)19-11-15(22)7-10-17(19)18-12-23-20(30-18)14-5-8-16(9-6-14)25-21(26)29-13(2)3;1-8(2)18-13(17)16-10-5-3-9(4-6-10)12-15-7-11(14)19-12;1-3-11-14(12,13)9-6-8(10)5-4-7(9)2/h7,10-14,16,24H,4-6,8-9,22H2,1-3H3,(H,25,26);7-10H,3-6H2,1-2H3,(H,16,17);4-6,11H,3,10H2,1-2H3. The second-order valence-electron chi connectivity index (χ2n) is 16.1. The predicted molar refractivity (Wildman–Crippen MR) is 259 cm³/mol. The minimum Gasteiger partial charge on any atom is -0.447 e. The van der Waals surface area contributed by atoms with Crippen molar-refractivity contribution in [1.29, 1.82) is 0 Å². The summed E-state index contributed by atoms with van der Waals surface area (Å²) in [5.74, 6) is 0.830. The molecular formula is C43H63BrN8O8S4. The minimum atomic E-state index is -3.66. The molecule has 354 valence electrons. The van der Waals surface area contributed by atoms with Crippen LogP contribution in [0, 0.1) is 6.92 Å². The number of anilines is 2. The van der Waals surface area contributed by atoms with Crippen molar-refractivity contribution in [3.8, 4) is 10.4 Å². The lowest BCUT2D eigenvalue weighted by Crippen LogP contribution is -2.38. The van der Waals surface area contributed by atoms with Crippen molar-refractivity contribution in [3.05, 3.63) is 68.2 Å². The normalized spacial score (nSPS) is 18.8. The number of sulfonamides is 2. The van der Waals surface area contributed by atoms with Crippen LogP contribution in [-0.4, -0.2) is 76.4 Å². The van der Waals surface area contributed by atoms with E-state index < -0.39 is 20.0 Å². The Morgan fingerprint density at radius 3 is 1.59 bits per heavy atom. The van der Waals surface area contributed by atoms with Crippen LogP contribution in [0.1, 0.15) is 120 Å². The molecular weight excluding hydrogens is 965 g/mol. The van der Waals surface area contributed by atoms with E-state index in [4.69, 9.17) is 20.9 Å². The summed E-state index contributed by atoms with van der Waals surface area (Å²) in [7, 11) is -7.05. The predicted octanol–water partition coefficient (Wildman–Crippen LogP) is 8.79. The van der Waals surface area contributed by atoms with E-state index in [0.717, 1.165) is 65.0 Å². The van der Waals surface area contributed by atoms with E-state index in [0.29, 0.717) is 47.4 Å².